The molecule has 0 atom stereocenters. The molecular weight excluding hydrogens is 256 g/mol. The summed E-state index contributed by atoms with van der Waals surface area (Å²) in [5, 5.41) is 9.78. The van der Waals surface area contributed by atoms with Crippen LogP contribution in [0.3, 0.4) is 0 Å². The van der Waals surface area contributed by atoms with Crippen molar-refractivity contribution in [3.8, 4) is 0 Å². The molecule has 0 saturated heterocycles. The number of hydrogen-bond donors (Lipinski definition) is 3. The molecular formula is C10H22BrN4-. The smallest absolute Gasteiger partial charge is 0.194 e. The van der Waals surface area contributed by atoms with Crippen LogP contribution in [0.2, 0.25) is 0 Å². The Hall–Kier alpha value is -0.580. The fourth-order valence-corrected chi connectivity index (χ4v) is 1.15. The lowest BCUT2D eigenvalue weighted by Gasteiger charge is -2.02. The molecule has 4 N–H and O–H groups in total. The molecule has 0 aliphatic heterocycles. The fraction of sp³-hybridized carbons (Fsp3) is 0.800. The third-order valence-corrected chi connectivity index (χ3v) is 1.86. The van der Waals surface area contributed by atoms with Crippen LogP contribution in [-0.4, -0.2) is 18.3 Å². The zero-order chi connectivity index (χ0) is 10.8. The van der Waals surface area contributed by atoms with Gasteiger partial charge in [-0.25, -0.2) is 0 Å². The van der Waals surface area contributed by atoms with Crippen LogP contribution < -0.4 is 28.0 Å². The lowest BCUT2D eigenvalue weighted by atomic mass is 10.2. The number of guanidine groups is 1. The van der Waals surface area contributed by atoms with Gasteiger partial charge in [0.15, 0.2) is 5.96 Å². The number of nitrogens with zero attached hydrogens (tertiary/aromatic N) is 1. The molecule has 90 valence electrons. The van der Waals surface area contributed by atoms with E-state index in [0.717, 1.165) is 13.0 Å². The first-order valence-electron chi connectivity index (χ1n) is 5.29. The van der Waals surface area contributed by atoms with Gasteiger partial charge in [-0.15, -0.1) is 0 Å². The SMILES string of the molecule is CCCCCCCN=C(N)NC(C)=N.[Br-]. The summed E-state index contributed by atoms with van der Waals surface area (Å²) < 4.78 is 0. The average molecular weight is 278 g/mol. The van der Waals surface area contributed by atoms with Gasteiger partial charge in [0.2, 0.25) is 0 Å². The molecule has 0 bridgehead atoms. The van der Waals surface area contributed by atoms with Crippen LogP contribution >= 0.6 is 0 Å². The molecule has 0 amide bonds. The maximum Gasteiger partial charge on any atom is 0.194 e. The highest BCUT2D eigenvalue weighted by Gasteiger charge is 1.91. The van der Waals surface area contributed by atoms with Crippen LogP contribution in [0.15, 0.2) is 4.99 Å². The zero-order valence-electron chi connectivity index (χ0n) is 9.65. The van der Waals surface area contributed by atoms with Gasteiger partial charge in [0, 0.05) is 6.54 Å². The lowest BCUT2D eigenvalue weighted by Crippen LogP contribution is -3.00. The minimum Gasteiger partial charge on any atom is -1.00 e. The molecule has 4 nitrogen and oxygen atoms in total. The maximum atomic E-state index is 7.12. The molecule has 0 fully saturated rings. The third kappa shape index (κ3) is 13.4. The van der Waals surface area contributed by atoms with Crippen molar-refractivity contribution in [1.82, 2.24) is 5.32 Å². The van der Waals surface area contributed by atoms with Gasteiger partial charge < -0.3 is 28.0 Å². The molecule has 0 aromatic carbocycles. The second-order valence-electron chi connectivity index (χ2n) is 3.43. The molecule has 0 radical (unpaired) electrons. The monoisotopic (exact) mass is 277 g/mol. The first-order valence-corrected chi connectivity index (χ1v) is 5.29. The Bertz CT molecular complexity index is 192. The van der Waals surface area contributed by atoms with Crippen molar-refractivity contribution in [2.45, 2.75) is 46.0 Å². The summed E-state index contributed by atoms with van der Waals surface area (Å²) in [5.74, 6) is 0.685. The predicted octanol–water partition coefficient (Wildman–Crippen LogP) is -1.14. The van der Waals surface area contributed by atoms with Gasteiger partial charge in [-0.3, -0.25) is 10.4 Å². The van der Waals surface area contributed by atoms with Crippen molar-refractivity contribution >= 4 is 11.8 Å². The summed E-state index contributed by atoms with van der Waals surface area (Å²) in [6, 6.07) is 0. The first-order chi connectivity index (χ1) is 6.66. The van der Waals surface area contributed by atoms with E-state index >= 15 is 0 Å². The van der Waals surface area contributed by atoms with Crippen LogP contribution in [0.1, 0.15) is 46.0 Å². The van der Waals surface area contributed by atoms with E-state index in [1.165, 1.54) is 25.7 Å². The molecule has 0 aromatic heterocycles. The Kier molecular flexibility index (Phi) is 12.9. The number of aliphatic imine (C=N–C) groups is 1. The van der Waals surface area contributed by atoms with Gasteiger partial charge in [0.05, 0.1) is 5.84 Å². The van der Waals surface area contributed by atoms with Gasteiger partial charge >= 0.3 is 0 Å². The summed E-state index contributed by atoms with van der Waals surface area (Å²) in [7, 11) is 0. The Morgan fingerprint density at radius 1 is 1.27 bits per heavy atom. The summed E-state index contributed by atoms with van der Waals surface area (Å²) >= 11 is 0. The topological polar surface area (TPSA) is 74.3 Å². The lowest BCUT2D eigenvalue weighted by molar-refractivity contribution is -0.00000381. The molecule has 0 aliphatic rings. The molecule has 0 aliphatic carbocycles. The number of nitrogens with one attached hydrogen (secondary N) is 2. The zero-order valence-corrected chi connectivity index (χ0v) is 11.2. The van der Waals surface area contributed by atoms with Gasteiger partial charge in [-0.2, -0.15) is 0 Å². The van der Waals surface area contributed by atoms with Crippen LogP contribution in [0.4, 0.5) is 0 Å². The Balaban J connectivity index is 0. The average Bonchev–Trinajstić information content (AvgIpc) is 2.10. The number of amidine groups is 1. The van der Waals surface area contributed by atoms with E-state index in [-0.39, 0.29) is 17.0 Å². The van der Waals surface area contributed by atoms with Gasteiger partial charge in [-0.1, -0.05) is 32.6 Å². The molecule has 0 spiro atoms. The van der Waals surface area contributed by atoms with Gasteiger partial charge in [0.25, 0.3) is 0 Å². The molecule has 15 heavy (non-hydrogen) atoms. The van der Waals surface area contributed by atoms with E-state index in [1.54, 1.807) is 6.92 Å². The maximum absolute atomic E-state index is 7.12. The van der Waals surface area contributed by atoms with Crippen molar-refractivity contribution < 1.29 is 17.0 Å². The van der Waals surface area contributed by atoms with Crippen LogP contribution in [0.5, 0.6) is 0 Å². The van der Waals surface area contributed by atoms with Crippen molar-refractivity contribution in [1.29, 1.82) is 5.41 Å². The molecule has 0 unspecified atom stereocenters. The van der Waals surface area contributed by atoms with Gasteiger partial charge in [0.1, 0.15) is 0 Å². The summed E-state index contributed by atoms with van der Waals surface area (Å²) in [6.45, 7) is 4.60. The highest BCUT2D eigenvalue weighted by atomic mass is 79.9. The standard InChI is InChI=1S/C10H22N4.BrH/c1-3-4-5-6-7-8-13-10(12)14-9(2)11;/h3-8H2,1-2H3,(H4,11,12,13,14);1H/p-1. The van der Waals surface area contributed by atoms with Crippen LogP contribution in [0.25, 0.3) is 0 Å². The Morgan fingerprint density at radius 3 is 2.40 bits per heavy atom. The molecule has 5 heteroatoms. The quantitative estimate of drug-likeness (QED) is 0.326. The van der Waals surface area contributed by atoms with Crippen molar-refractivity contribution in [3.05, 3.63) is 0 Å². The van der Waals surface area contributed by atoms with E-state index < -0.39 is 0 Å². The number of rotatable bonds is 6. The van der Waals surface area contributed by atoms with Crippen LogP contribution in [0, 0.1) is 5.41 Å². The van der Waals surface area contributed by atoms with Crippen molar-refractivity contribution in [2.75, 3.05) is 6.54 Å². The van der Waals surface area contributed by atoms with Crippen molar-refractivity contribution in [3.63, 3.8) is 0 Å². The second-order valence-corrected chi connectivity index (χ2v) is 3.43. The largest absolute Gasteiger partial charge is 1.00 e. The van der Waals surface area contributed by atoms with E-state index in [1.807, 2.05) is 0 Å². The Morgan fingerprint density at radius 2 is 1.87 bits per heavy atom. The van der Waals surface area contributed by atoms with E-state index in [0.29, 0.717) is 11.8 Å². The van der Waals surface area contributed by atoms with Crippen molar-refractivity contribution in [2.24, 2.45) is 10.7 Å². The fourth-order valence-electron chi connectivity index (χ4n) is 1.15. The molecule has 0 aromatic rings. The summed E-state index contributed by atoms with van der Waals surface area (Å²) in [5.41, 5.74) is 5.51. The van der Waals surface area contributed by atoms with E-state index in [2.05, 4.69) is 17.2 Å². The number of unbranched alkanes of at least 4 members (excludes halogenated alkanes) is 4. The minimum absolute atomic E-state index is 0. The molecule has 0 saturated carbocycles. The Labute approximate surface area is 103 Å². The highest BCUT2D eigenvalue weighted by Crippen LogP contribution is 2.01. The van der Waals surface area contributed by atoms with E-state index in [9.17, 15) is 0 Å². The summed E-state index contributed by atoms with van der Waals surface area (Å²) in [4.78, 5) is 4.10. The van der Waals surface area contributed by atoms with Gasteiger partial charge in [-0.05, 0) is 13.3 Å². The minimum atomic E-state index is 0. The number of hydrogen-bond acceptors (Lipinski definition) is 2. The molecule has 0 rings (SSSR count). The molecule has 0 heterocycles. The first kappa shape index (κ1) is 16.8. The second kappa shape index (κ2) is 11.5. The third-order valence-electron chi connectivity index (χ3n) is 1.86. The number of nitrogens with two attached hydrogens (primary N) is 1. The summed E-state index contributed by atoms with van der Waals surface area (Å²) in [6.07, 6.45) is 6.15. The number of halogens is 1. The predicted molar refractivity (Wildman–Crippen MR) is 61.8 cm³/mol. The van der Waals surface area contributed by atoms with E-state index in [4.69, 9.17) is 11.1 Å². The normalized spacial score (nSPS) is 10.7. The highest BCUT2D eigenvalue weighted by molar-refractivity contribution is 5.96. The van der Waals surface area contributed by atoms with Crippen LogP contribution in [-0.2, 0) is 0 Å².